The smallest absolute Gasteiger partial charge is 0.132 e. The highest BCUT2D eigenvalue weighted by molar-refractivity contribution is 8.09. The number of hydrogen-bond acceptors (Lipinski definition) is 5. The third-order valence-corrected chi connectivity index (χ3v) is 2.22. The second-order valence-corrected chi connectivity index (χ2v) is 3.37. The molecule has 0 aliphatic carbocycles. The maximum Gasteiger partial charge on any atom is 0.132 e. The molecular formula is C3H4N2S3. The normalized spacial score (nSPS) is 9.62. The van der Waals surface area contributed by atoms with Crippen LogP contribution in [0.15, 0.2) is 10.4 Å². The molecule has 0 saturated heterocycles. The van der Waals surface area contributed by atoms with Crippen molar-refractivity contribution in [1.82, 2.24) is 9.59 Å². The number of thiol groups is 1. The minimum atomic E-state index is 0.769. The molecule has 0 N–H and O–H groups in total. The summed E-state index contributed by atoms with van der Waals surface area (Å²) >= 11 is 6.95. The van der Waals surface area contributed by atoms with E-state index in [2.05, 4.69) is 22.2 Å². The van der Waals surface area contributed by atoms with E-state index in [0.717, 1.165) is 10.1 Å². The predicted octanol–water partition coefficient (Wildman–Crippen LogP) is 1.52. The topological polar surface area (TPSA) is 25.8 Å². The molecule has 5 heteroatoms. The minimum absolute atomic E-state index is 0.769. The van der Waals surface area contributed by atoms with E-state index >= 15 is 0 Å². The molecule has 0 saturated carbocycles. The van der Waals surface area contributed by atoms with Gasteiger partial charge in [0.2, 0.25) is 0 Å². The quantitative estimate of drug-likeness (QED) is 0.408. The zero-order chi connectivity index (χ0) is 5.82. The fraction of sp³-hybridized carbons (Fsp3) is 0.333. The fourth-order valence-electron chi connectivity index (χ4n) is 0.285. The van der Waals surface area contributed by atoms with Gasteiger partial charge in [-0.15, -0.1) is 5.10 Å². The summed E-state index contributed by atoms with van der Waals surface area (Å²) in [5.74, 6) is 0. The van der Waals surface area contributed by atoms with E-state index in [1.807, 2.05) is 5.38 Å². The standard InChI is InChI=1S/C3H4N2S3/c6-2-7-3-1-8-5-4-3/h1,6H,2H2. The highest BCUT2D eigenvalue weighted by Crippen LogP contribution is 2.15. The molecule has 0 aliphatic rings. The molecule has 0 aromatic carbocycles. The van der Waals surface area contributed by atoms with Crippen molar-refractivity contribution in [2.45, 2.75) is 5.03 Å². The Balaban J connectivity index is 2.50. The van der Waals surface area contributed by atoms with Gasteiger partial charge in [-0.05, 0) is 11.5 Å². The van der Waals surface area contributed by atoms with Crippen LogP contribution in [-0.2, 0) is 0 Å². The fourth-order valence-corrected chi connectivity index (χ4v) is 1.69. The lowest BCUT2D eigenvalue weighted by molar-refractivity contribution is 1.04. The van der Waals surface area contributed by atoms with E-state index in [0.29, 0.717) is 0 Å². The summed E-state index contributed by atoms with van der Waals surface area (Å²) in [7, 11) is 0. The summed E-state index contributed by atoms with van der Waals surface area (Å²) in [4.78, 5) is 0. The van der Waals surface area contributed by atoms with Gasteiger partial charge in [-0.3, -0.25) is 0 Å². The molecule has 1 heterocycles. The Bertz CT molecular complexity index is 138. The maximum atomic E-state index is 4.01. The van der Waals surface area contributed by atoms with Crippen molar-refractivity contribution >= 4 is 35.9 Å². The number of hydrogen-bond donors (Lipinski definition) is 1. The summed E-state index contributed by atoms with van der Waals surface area (Å²) in [6, 6.07) is 0. The van der Waals surface area contributed by atoms with Crippen molar-refractivity contribution in [3.05, 3.63) is 5.38 Å². The lowest BCUT2D eigenvalue weighted by Gasteiger charge is -1.82. The largest absolute Gasteiger partial charge is 0.168 e. The van der Waals surface area contributed by atoms with E-state index in [9.17, 15) is 0 Å². The molecule has 1 aromatic rings. The van der Waals surface area contributed by atoms with Gasteiger partial charge in [0.15, 0.2) is 0 Å². The molecule has 0 atom stereocenters. The first-order valence-electron chi connectivity index (χ1n) is 1.94. The van der Waals surface area contributed by atoms with Crippen LogP contribution in [0.4, 0.5) is 0 Å². The van der Waals surface area contributed by atoms with Gasteiger partial charge in [-0.2, -0.15) is 12.6 Å². The van der Waals surface area contributed by atoms with Crippen molar-refractivity contribution in [1.29, 1.82) is 0 Å². The van der Waals surface area contributed by atoms with Gasteiger partial charge in [0.1, 0.15) is 5.03 Å². The monoisotopic (exact) mass is 164 g/mol. The number of thioether (sulfide) groups is 1. The highest BCUT2D eigenvalue weighted by Gasteiger charge is 1.91. The molecule has 0 fully saturated rings. The van der Waals surface area contributed by atoms with Gasteiger partial charge in [0.05, 0.1) is 0 Å². The Morgan fingerprint density at radius 3 is 3.25 bits per heavy atom. The first-order valence-corrected chi connectivity index (χ1v) is 4.39. The molecule has 44 valence electrons. The molecule has 0 amide bonds. The van der Waals surface area contributed by atoms with Crippen LogP contribution in [0.5, 0.6) is 0 Å². The number of rotatable bonds is 2. The third kappa shape index (κ3) is 1.65. The Hall–Kier alpha value is 0.260. The highest BCUT2D eigenvalue weighted by atomic mass is 32.2. The molecule has 0 radical (unpaired) electrons. The zero-order valence-corrected chi connectivity index (χ0v) is 6.47. The van der Waals surface area contributed by atoms with Crippen molar-refractivity contribution < 1.29 is 0 Å². The molecule has 1 rings (SSSR count). The lowest BCUT2D eigenvalue weighted by atomic mass is 11.0. The van der Waals surface area contributed by atoms with Gasteiger partial charge in [0, 0.05) is 10.5 Å². The Labute approximate surface area is 61.3 Å². The van der Waals surface area contributed by atoms with Crippen LogP contribution >= 0.6 is 35.9 Å². The molecule has 0 bridgehead atoms. The molecule has 8 heavy (non-hydrogen) atoms. The Kier molecular flexibility index (Phi) is 2.65. The molecule has 0 unspecified atom stereocenters. The molecule has 1 aromatic heterocycles. The SMILES string of the molecule is SCSc1csnn1. The number of nitrogens with zero attached hydrogens (tertiary/aromatic N) is 2. The van der Waals surface area contributed by atoms with Gasteiger partial charge in [-0.1, -0.05) is 16.3 Å². The lowest BCUT2D eigenvalue weighted by Crippen LogP contribution is -1.68. The second kappa shape index (κ2) is 3.32. The first-order chi connectivity index (χ1) is 3.93. The maximum absolute atomic E-state index is 4.01. The average molecular weight is 164 g/mol. The summed E-state index contributed by atoms with van der Waals surface area (Å²) in [6.45, 7) is 0. The first kappa shape index (κ1) is 6.38. The van der Waals surface area contributed by atoms with E-state index < -0.39 is 0 Å². The second-order valence-electron chi connectivity index (χ2n) is 1.02. The summed E-state index contributed by atoms with van der Waals surface area (Å²) < 4.78 is 3.68. The molecule has 2 nitrogen and oxygen atoms in total. The summed E-state index contributed by atoms with van der Waals surface area (Å²) in [5.41, 5.74) is 0. The van der Waals surface area contributed by atoms with Crippen molar-refractivity contribution in [2.24, 2.45) is 0 Å². The summed E-state index contributed by atoms with van der Waals surface area (Å²) in [5, 5.41) is 7.42. The van der Waals surface area contributed by atoms with E-state index in [1.54, 1.807) is 11.8 Å². The molecule has 0 aliphatic heterocycles. The van der Waals surface area contributed by atoms with E-state index in [1.165, 1.54) is 11.5 Å². The van der Waals surface area contributed by atoms with E-state index in [4.69, 9.17) is 0 Å². The van der Waals surface area contributed by atoms with Crippen molar-refractivity contribution in [3.63, 3.8) is 0 Å². The van der Waals surface area contributed by atoms with Gasteiger partial charge in [-0.25, -0.2) is 0 Å². The van der Waals surface area contributed by atoms with Crippen LogP contribution in [0.2, 0.25) is 0 Å². The van der Waals surface area contributed by atoms with Crippen LogP contribution in [-0.4, -0.2) is 14.7 Å². The molecule has 0 spiro atoms. The van der Waals surface area contributed by atoms with Crippen LogP contribution < -0.4 is 0 Å². The minimum Gasteiger partial charge on any atom is -0.168 e. The van der Waals surface area contributed by atoms with Crippen LogP contribution in [0.1, 0.15) is 0 Å². The van der Waals surface area contributed by atoms with Gasteiger partial charge in [0.25, 0.3) is 0 Å². The summed E-state index contributed by atoms with van der Waals surface area (Å²) in [6.07, 6.45) is 0. The third-order valence-electron chi connectivity index (χ3n) is 0.552. The van der Waals surface area contributed by atoms with Crippen LogP contribution in [0, 0.1) is 0 Å². The molecular weight excluding hydrogens is 160 g/mol. The van der Waals surface area contributed by atoms with Crippen LogP contribution in [0.25, 0.3) is 0 Å². The Morgan fingerprint density at radius 1 is 1.88 bits per heavy atom. The van der Waals surface area contributed by atoms with Gasteiger partial charge < -0.3 is 0 Å². The van der Waals surface area contributed by atoms with E-state index in [-0.39, 0.29) is 0 Å². The van der Waals surface area contributed by atoms with Crippen LogP contribution in [0.3, 0.4) is 0 Å². The van der Waals surface area contributed by atoms with Gasteiger partial charge >= 0.3 is 0 Å². The predicted molar refractivity (Wildman–Crippen MR) is 39.6 cm³/mol. The zero-order valence-electron chi connectivity index (χ0n) is 3.94. The Morgan fingerprint density at radius 2 is 2.75 bits per heavy atom. The average Bonchev–Trinajstić information content (AvgIpc) is 2.19. The number of aromatic nitrogens is 2. The van der Waals surface area contributed by atoms with Crippen molar-refractivity contribution in [3.8, 4) is 0 Å². The van der Waals surface area contributed by atoms with Crippen molar-refractivity contribution in [2.75, 3.05) is 5.08 Å².